The maximum absolute atomic E-state index is 10.4. The van der Waals surface area contributed by atoms with Crippen LogP contribution < -0.4 is 5.73 Å². The summed E-state index contributed by atoms with van der Waals surface area (Å²) in [6.07, 6.45) is 1.57. The van der Waals surface area contributed by atoms with Crippen LogP contribution in [0.5, 0.6) is 0 Å². The highest BCUT2D eigenvalue weighted by Crippen LogP contribution is 1.95. The number of rotatable bonds is 3. The minimum Gasteiger partial charge on any atom is -0.480 e. The lowest BCUT2D eigenvalue weighted by atomic mass is 10.2. The lowest BCUT2D eigenvalue weighted by Crippen LogP contribution is -2.33. The quantitative estimate of drug-likeness (QED) is 0.592. The molecule has 0 unspecified atom stereocenters. The topological polar surface area (TPSA) is 94.0 Å². The maximum atomic E-state index is 10.4. The van der Waals surface area contributed by atoms with Crippen molar-refractivity contribution in [3.05, 3.63) is 12.2 Å². The first-order valence-corrected chi connectivity index (χ1v) is 3.42. The molecule has 0 fully saturated rings. The van der Waals surface area contributed by atoms with Crippen molar-refractivity contribution in [1.82, 2.24) is 14.8 Å². The molecule has 1 aromatic rings. The van der Waals surface area contributed by atoms with Crippen LogP contribution in [0.15, 0.2) is 6.33 Å². The van der Waals surface area contributed by atoms with E-state index in [4.69, 9.17) is 10.8 Å². The largest absolute Gasteiger partial charge is 0.480 e. The Morgan fingerprint density at radius 2 is 2.58 bits per heavy atom. The second kappa shape index (κ2) is 3.31. The van der Waals surface area contributed by atoms with Crippen molar-refractivity contribution >= 4 is 5.97 Å². The summed E-state index contributed by atoms with van der Waals surface area (Å²) in [6, 6.07) is -0.909. The third-order valence-corrected chi connectivity index (χ3v) is 1.52. The van der Waals surface area contributed by atoms with Gasteiger partial charge in [0.1, 0.15) is 18.2 Å². The molecule has 1 atom stereocenters. The van der Waals surface area contributed by atoms with E-state index >= 15 is 0 Å². The van der Waals surface area contributed by atoms with E-state index in [1.165, 1.54) is 11.0 Å². The van der Waals surface area contributed by atoms with E-state index < -0.39 is 12.0 Å². The van der Waals surface area contributed by atoms with Gasteiger partial charge in [-0.2, -0.15) is 5.10 Å². The molecule has 0 radical (unpaired) electrons. The molecule has 6 heteroatoms. The van der Waals surface area contributed by atoms with Crippen LogP contribution in [0.4, 0.5) is 0 Å². The Hall–Kier alpha value is -1.43. The van der Waals surface area contributed by atoms with E-state index in [0.717, 1.165) is 0 Å². The second-order valence-electron chi connectivity index (χ2n) is 2.45. The van der Waals surface area contributed by atoms with Crippen LogP contribution in [0.25, 0.3) is 0 Å². The Morgan fingerprint density at radius 1 is 1.92 bits per heavy atom. The number of carboxylic acids is 1. The van der Waals surface area contributed by atoms with Gasteiger partial charge in [0, 0.05) is 13.5 Å². The normalized spacial score (nSPS) is 12.8. The molecule has 0 aliphatic heterocycles. The molecule has 0 bridgehead atoms. The second-order valence-corrected chi connectivity index (χ2v) is 2.45. The summed E-state index contributed by atoms with van der Waals surface area (Å²) in [5.74, 6) is -0.456. The molecule has 1 heterocycles. The van der Waals surface area contributed by atoms with Crippen LogP contribution in [0, 0.1) is 0 Å². The van der Waals surface area contributed by atoms with Gasteiger partial charge in [-0.3, -0.25) is 9.48 Å². The van der Waals surface area contributed by atoms with Gasteiger partial charge in [0.05, 0.1) is 0 Å². The average molecular weight is 170 g/mol. The Balaban J connectivity index is 2.64. The van der Waals surface area contributed by atoms with Crippen LogP contribution in [-0.2, 0) is 18.3 Å². The number of aryl methyl sites for hydroxylation is 1. The minimum absolute atomic E-state index is 0.200. The number of carboxylic acid groups (broad SMARTS) is 1. The molecule has 6 nitrogen and oxygen atoms in total. The maximum Gasteiger partial charge on any atom is 0.320 e. The van der Waals surface area contributed by atoms with Gasteiger partial charge in [0.25, 0.3) is 0 Å². The number of aromatic nitrogens is 3. The van der Waals surface area contributed by atoms with Crippen LogP contribution in [0.1, 0.15) is 5.82 Å². The summed E-state index contributed by atoms with van der Waals surface area (Å²) in [5, 5.41) is 12.3. The molecule has 0 saturated carbocycles. The molecule has 0 amide bonds. The third-order valence-electron chi connectivity index (χ3n) is 1.52. The van der Waals surface area contributed by atoms with Gasteiger partial charge >= 0.3 is 5.97 Å². The summed E-state index contributed by atoms with van der Waals surface area (Å²) in [5.41, 5.74) is 5.30. The van der Waals surface area contributed by atoms with Crippen molar-refractivity contribution < 1.29 is 9.90 Å². The molecule has 0 aliphatic carbocycles. The van der Waals surface area contributed by atoms with Crippen molar-refractivity contribution in [3.8, 4) is 0 Å². The first-order chi connectivity index (χ1) is 5.61. The van der Waals surface area contributed by atoms with E-state index in [2.05, 4.69) is 10.1 Å². The van der Waals surface area contributed by atoms with Crippen LogP contribution >= 0.6 is 0 Å². The summed E-state index contributed by atoms with van der Waals surface area (Å²) in [7, 11) is 1.69. The third kappa shape index (κ3) is 1.79. The van der Waals surface area contributed by atoms with E-state index in [1.54, 1.807) is 7.05 Å². The Kier molecular flexibility index (Phi) is 2.39. The first-order valence-electron chi connectivity index (χ1n) is 3.42. The minimum atomic E-state index is -1.03. The zero-order valence-corrected chi connectivity index (χ0v) is 6.64. The highest BCUT2D eigenvalue weighted by Gasteiger charge is 2.14. The molecule has 66 valence electrons. The number of hydrogen-bond donors (Lipinski definition) is 2. The predicted molar refractivity (Wildman–Crippen MR) is 40.3 cm³/mol. The van der Waals surface area contributed by atoms with E-state index in [9.17, 15) is 4.79 Å². The molecular formula is C6H10N4O2. The van der Waals surface area contributed by atoms with Crippen LogP contribution in [0.2, 0.25) is 0 Å². The number of carbonyl (C=O) groups is 1. The SMILES string of the molecule is Cn1ncnc1C[C@@H](N)C(=O)O. The van der Waals surface area contributed by atoms with Gasteiger partial charge in [-0.1, -0.05) is 0 Å². The molecule has 3 N–H and O–H groups in total. The summed E-state index contributed by atoms with van der Waals surface area (Å²) in [6.45, 7) is 0. The lowest BCUT2D eigenvalue weighted by Gasteiger charge is -2.04. The Bertz CT molecular complexity index is 283. The van der Waals surface area contributed by atoms with Gasteiger partial charge in [-0.25, -0.2) is 4.98 Å². The van der Waals surface area contributed by atoms with Gasteiger partial charge < -0.3 is 10.8 Å². The predicted octanol–water partition coefficient (Wildman–Crippen LogP) is -1.23. The molecular weight excluding hydrogens is 160 g/mol. The fraction of sp³-hybridized carbons (Fsp3) is 0.500. The smallest absolute Gasteiger partial charge is 0.320 e. The number of nitrogens with zero attached hydrogens (tertiary/aromatic N) is 3. The van der Waals surface area contributed by atoms with Gasteiger partial charge in [0.15, 0.2) is 0 Å². The molecule has 0 aromatic carbocycles. The summed E-state index contributed by atoms with van der Waals surface area (Å²) in [4.78, 5) is 14.2. The van der Waals surface area contributed by atoms with E-state index in [0.29, 0.717) is 5.82 Å². The molecule has 0 spiro atoms. The highest BCUT2D eigenvalue weighted by atomic mass is 16.4. The van der Waals surface area contributed by atoms with Gasteiger partial charge in [0.2, 0.25) is 0 Å². The van der Waals surface area contributed by atoms with Crippen molar-refractivity contribution in [2.45, 2.75) is 12.5 Å². The van der Waals surface area contributed by atoms with Crippen molar-refractivity contribution in [2.24, 2.45) is 12.8 Å². The zero-order chi connectivity index (χ0) is 9.14. The van der Waals surface area contributed by atoms with Crippen LogP contribution in [0.3, 0.4) is 0 Å². The molecule has 12 heavy (non-hydrogen) atoms. The van der Waals surface area contributed by atoms with Crippen LogP contribution in [-0.4, -0.2) is 31.9 Å². The molecule has 1 aromatic heterocycles. The van der Waals surface area contributed by atoms with E-state index in [-0.39, 0.29) is 6.42 Å². The highest BCUT2D eigenvalue weighted by molar-refractivity contribution is 5.73. The fourth-order valence-electron chi connectivity index (χ4n) is 0.789. The fourth-order valence-corrected chi connectivity index (χ4v) is 0.789. The number of aliphatic carboxylic acids is 1. The average Bonchev–Trinajstić information content (AvgIpc) is 2.36. The summed E-state index contributed by atoms with van der Waals surface area (Å²) >= 11 is 0. The van der Waals surface area contributed by atoms with Gasteiger partial charge in [-0.05, 0) is 0 Å². The van der Waals surface area contributed by atoms with Crippen molar-refractivity contribution in [1.29, 1.82) is 0 Å². The first kappa shape index (κ1) is 8.66. The molecule has 0 saturated heterocycles. The zero-order valence-electron chi connectivity index (χ0n) is 6.64. The number of hydrogen-bond acceptors (Lipinski definition) is 4. The van der Waals surface area contributed by atoms with Crippen molar-refractivity contribution in [3.63, 3.8) is 0 Å². The lowest BCUT2D eigenvalue weighted by molar-refractivity contribution is -0.138. The van der Waals surface area contributed by atoms with Gasteiger partial charge in [-0.15, -0.1) is 0 Å². The Morgan fingerprint density at radius 3 is 3.00 bits per heavy atom. The van der Waals surface area contributed by atoms with E-state index in [1.807, 2.05) is 0 Å². The standard InChI is InChI=1S/C6H10N4O2/c1-10-5(8-3-9-10)2-4(7)6(11)12/h3-4H,2,7H2,1H3,(H,11,12)/t4-/m1/s1. The monoisotopic (exact) mass is 170 g/mol. The Labute approximate surface area is 69.0 Å². The number of nitrogens with two attached hydrogens (primary N) is 1. The summed E-state index contributed by atoms with van der Waals surface area (Å²) < 4.78 is 1.50. The molecule has 0 aliphatic rings. The molecule has 1 rings (SSSR count). The van der Waals surface area contributed by atoms with Crippen molar-refractivity contribution in [2.75, 3.05) is 0 Å².